The normalized spacial score (nSPS) is 19.0. The molecule has 2 rings (SSSR count). The zero-order chi connectivity index (χ0) is 15.8. The lowest BCUT2D eigenvalue weighted by molar-refractivity contribution is 0.0682. The van der Waals surface area contributed by atoms with Crippen LogP contribution in [0, 0.1) is 0 Å². The summed E-state index contributed by atoms with van der Waals surface area (Å²) in [5, 5.41) is 2.36. The largest absolute Gasteiger partial charge is 0.318 e. The first kappa shape index (κ1) is 16.4. The molecule has 2 nitrogen and oxygen atoms in total. The fraction of sp³-hybridized carbons (Fsp3) is 0.684. The fourth-order valence-corrected chi connectivity index (χ4v) is 3.65. The Kier molecular flexibility index (Phi) is 4.39. The van der Waals surface area contributed by atoms with Crippen molar-refractivity contribution in [3.05, 3.63) is 29.3 Å². The Morgan fingerprint density at radius 3 is 2.24 bits per heavy atom. The van der Waals surface area contributed by atoms with E-state index < -0.39 is 0 Å². The van der Waals surface area contributed by atoms with Crippen molar-refractivity contribution in [3.8, 4) is 0 Å². The minimum Gasteiger partial charge on any atom is -0.318 e. The van der Waals surface area contributed by atoms with Gasteiger partial charge in [0, 0.05) is 16.8 Å². The van der Waals surface area contributed by atoms with Crippen molar-refractivity contribution in [2.24, 2.45) is 0 Å². The average Bonchev–Trinajstić information content (AvgIpc) is 2.75. The van der Waals surface area contributed by atoms with Crippen molar-refractivity contribution < 1.29 is 0 Å². The van der Waals surface area contributed by atoms with Crippen molar-refractivity contribution in [2.45, 2.75) is 84.7 Å². The molecule has 0 amide bonds. The Balaban J connectivity index is 2.27. The smallest absolute Gasteiger partial charge is 0.0493 e. The number of benzene rings is 1. The number of aryl methyl sites for hydroxylation is 1. The summed E-state index contributed by atoms with van der Waals surface area (Å²) in [4.78, 5) is 0. The number of fused-ring (bicyclic) bond motifs is 1. The summed E-state index contributed by atoms with van der Waals surface area (Å²) >= 11 is 0. The van der Waals surface area contributed by atoms with E-state index in [9.17, 15) is 0 Å². The fourth-order valence-electron chi connectivity index (χ4n) is 3.65. The minimum atomic E-state index is 0.0709. The predicted octanol–water partition coefficient (Wildman–Crippen LogP) is 5.35. The quantitative estimate of drug-likeness (QED) is 0.754. The van der Waals surface area contributed by atoms with Crippen LogP contribution in [0.15, 0.2) is 18.2 Å². The highest BCUT2D eigenvalue weighted by molar-refractivity contribution is 5.51. The van der Waals surface area contributed by atoms with E-state index in [1.165, 1.54) is 24.9 Å². The molecule has 2 heteroatoms. The molecule has 0 saturated carbocycles. The summed E-state index contributed by atoms with van der Waals surface area (Å²) in [5.41, 5.74) is 8.14. The topological polar surface area (TPSA) is 15.3 Å². The van der Waals surface area contributed by atoms with E-state index in [2.05, 4.69) is 77.1 Å². The van der Waals surface area contributed by atoms with Gasteiger partial charge in [0.05, 0.1) is 0 Å². The van der Waals surface area contributed by atoms with Crippen LogP contribution < -0.4 is 5.43 Å². The van der Waals surface area contributed by atoms with Gasteiger partial charge in [-0.15, -0.1) is 0 Å². The van der Waals surface area contributed by atoms with Crippen LogP contribution in [0.5, 0.6) is 0 Å². The zero-order valence-electron chi connectivity index (χ0n) is 14.9. The van der Waals surface area contributed by atoms with Gasteiger partial charge in [-0.25, -0.2) is 5.01 Å². The van der Waals surface area contributed by atoms with Crippen LogP contribution in [0.3, 0.4) is 0 Å². The number of hydrogen-bond acceptors (Lipinski definition) is 2. The molecule has 1 N–H and O–H groups in total. The maximum atomic E-state index is 3.67. The third-order valence-electron chi connectivity index (χ3n) is 4.42. The molecule has 1 atom stereocenters. The first-order chi connectivity index (χ1) is 9.63. The standard InChI is InChI=1S/C19H32N2/c1-8-14-9-10-15-11-12-16(13-17(14)15)20-21(18(2,3)4)19(5,6)7/h11-14,20H,8-10H2,1-7H3. The van der Waals surface area contributed by atoms with E-state index in [1.807, 2.05) is 0 Å². The molecule has 1 aromatic carbocycles. The molecular weight excluding hydrogens is 256 g/mol. The van der Waals surface area contributed by atoms with Crippen LogP contribution in [0.1, 0.15) is 78.4 Å². The molecule has 0 saturated heterocycles. The summed E-state index contributed by atoms with van der Waals surface area (Å²) < 4.78 is 0. The first-order valence-electron chi connectivity index (χ1n) is 8.32. The second-order valence-corrected chi connectivity index (χ2v) is 8.35. The minimum absolute atomic E-state index is 0.0709. The number of rotatable bonds is 3. The van der Waals surface area contributed by atoms with Crippen LogP contribution >= 0.6 is 0 Å². The van der Waals surface area contributed by atoms with E-state index in [-0.39, 0.29) is 11.1 Å². The Morgan fingerprint density at radius 1 is 1.10 bits per heavy atom. The number of nitrogens with one attached hydrogen (secondary N) is 1. The van der Waals surface area contributed by atoms with Gasteiger partial charge in [0.2, 0.25) is 0 Å². The van der Waals surface area contributed by atoms with E-state index >= 15 is 0 Å². The Labute approximate surface area is 130 Å². The molecule has 0 radical (unpaired) electrons. The molecule has 0 aromatic heterocycles. The van der Waals surface area contributed by atoms with Gasteiger partial charge in [0.1, 0.15) is 0 Å². The number of hydrogen-bond donors (Lipinski definition) is 1. The van der Waals surface area contributed by atoms with Crippen molar-refractivity contribution in [3.63, 3.8) is 0 Å². The molecular formula is C19H32N2. The zero-order valence-corrected chi connectivity index (χ0v) is 14.9. The molecule has 118 valence electrons. The maximum Gasteiger partial charge on any atom is 0.0493 e. The second-order valence-electron chi connectivity index (χ2n) is 8.35. The van der Waals surface area contributed by atoms with E-state index in [0.717, 1.165) is 5.92 Å². The lowest BCUT2D eigenvalue weighted by Gasteiger charge is -2.45. The van der Waals surface area contributed by atoms with Crippen molar-refractivity contribution >= 4 is 5.69 Å². The van der Waals surface area contributed by atoms with Gasteiger partial charge in [0.25, 0.3) is 0 Å². The van der Waals surface area contributed by atoms with E-state index in [1.54, 1.807) is 11.1 Å². The van der Waals surface area contributed by atoms with Gasteiger partial charge in [-0.1, -0.05) is 13.0 Å². The lowest BCUT2D eigenvalue weighted by atomic mass is 9.97. The van der Waals surface area contributed by atoms with Gasteiger partial charge in [-0.3, -0.25) is 0 Å². The molecule has 0 fully saturated rings. The van der Waals surface area contributed by atoms with Crippen LogP contribution in [0.2, 0.25) is 0 Å². The highest BCUT2D eigenvalue weighted by atomic mass is 15.6. The van der Waals surface area contributed by atoms with Crippen LogP contribution in [0.25, 0.3) is 0 Å². The monoisotopic (exact) mass is 288 g/mol. The Hall–Kier alpha value is -1.02. The van der Waals surface area contributed by atoms with Crippen molar-refractivity contribution in [1.82, 2.24) is 5.01 Å². The summed E-state index contributed by atoms with van der Waals surface area (Å²) in [7, 11) is 0. The number of hydrazine groups is 1. The molecule has 0 aliphatic heterocycles. The van der Waals surface area contributed by atoms with Crippen LogP contribution in [-0.4, -0.2) is 16.1 Å². The third-order valence-corrected chi connectivity index (χ3v) is 4.42. The van der Waals surface area contributed by atoms with Gasteiger partial charge < -0.3 is 5.43 Å². The third kappa shape index (κ3) is 3.60. The Morgan fingerprint density at radius 2 is 1.71 bits per heavy atom. The van der Waals surface area contributed by atoms with Gasteiger partial charge in [0.15, 0.2) is 0 Å². The van der Waals surface area contributed by atoms with Crippen molar-refractivity contribution in [1.29, 1.82) is 0 Å². The number of anilines is 1. The molecule has 1 aromatic rings. The number of nitrogens with zero attached hydrogens (tertiary/aromatic N) is 1. The molecule has 0 heterocycles. The molecule has 1 aliphatic rings. The van der Waals surface area contributed by atoms with Crippen molar-refractivity contribution in [2.75, 3.05) is 5.43 Å². The highest BCUT2D eigenvalue weighted by Crippen LogP contribution is 2.37. The summed E-state index contributed by atoms with van der Waals surface area (Å²) in [6, 6.07) is 6.93. The first-order valence-corrected chi connectivity index (χ1v) is 8.32. The lowest BCUT2D eigenvalue weighted by Crippen LogP contribution is -2.55. The molecule has 0 bridgehead atoms. The Bertz CT molecular complexity index is 477. The highest BCUT2D eigenvalue weighted by Gasteiger charge is 2.32. The average molecular weight is 288 g/mol. The summed E-state index contributed by atoms with van der Waals surface area (Å²) in [6.45, 7) is 15.8. The second kappa shape index (κ2) is 5.64. The molecule has 1 aliphatic carbocycles. The SMILES string of the molecule is CCC1CCc2ccc(NN(C(C)(C)C)C(C)(C)C)cc21. The van der Waals surface area contributed by atoms with Gasteiger partial charge >= 0.3 is 0 Å². The molecule has 1 unspecified atom stereocenters. The van der Waals surface area contributed by atoms with Crippen LogP contribution in [0.4, 0.5) is 5.69 Å². The summed E-state index contributed by atoms with van der Waals surface area (Å²) in [6.07, 6.45) is 3.81. The van der Waals surface area contributed by atoms with Crippen LogP contribution in [-0.2, 0) is 6.42 Å². The maximum absolute atomic E-state index is 3.67. The van der Waals surface area contributed by atoms with Gasteiger partial charge in [-0.2, -0.15) is 0 Å². The van der Waals surface area contributed by atoms with Gasteiger partial charge in [-0.05, 0) is 90.0 Å². The van der Waals surface area contributed by atoms with E-state index in [0.29, 0.717) is 0 Å². The molecule has 0 spiro atoms. The van der Waals surface area contributed by atoms with E-state index in [4.69, 9.17) is 0 Å². The predicted molar refractivity (Wildman–Crippen MR) is 92.8 cm³/mol. The molecule has 21 heavy (non-hydrogen) atoms. The summed E-state index contributed by atoms with van der Waals surface area (Å²) in [5.74, 6) is 0.750.